The molecule has 5 aliphatic rings. The first-order chi connectivity index (χ1) is 15.2. The molecule has 33 heavy (non-hydrogen) atoms. The average molecular weight is 459 g/mol. The molecule has 4 heteroatoms. The monoisotopic (exact) mass is 458 g/mol. The lowest BCUT2D eigenvalue weighted by Crippen LogP contribution is -2.62. The average Bonchev–Trinajstić information content (AvgIpc) is 2.93. The number of rotatable bonds is 1. The summed E-state index contributed by atoms with van der Waals surface area (Å²) in [6.45, 7) is 15.6. The molecule has 0 aliphatic heterocycles. The van der Waals surface area contributed by atoms with Crippen LogP contribution in [0.5, 0.6) is 0 Å². The van der Waals surface area contributed by atoms with Gasteiger partial charge in [0.05, 0.1) is 24.4 Å². The molecule has 0 aromatic carbocycles. The summed E-state index contributed by atoms with van der Waals surface area (Å²) in [5.74, 6) is 0.468. The van der Waals surface area contributed by atoms with Crippen molar-refractivity contribution < 1.29 is 20.4 Å². The normalized spacial score (nSPS) is 53.2. The summed E-state index contributed by atoms with van der Waals surface area (Å²) in [4.78, 5) is 0. The lowest BCUT2D eigenvalue weighted by atomic mass is 9.38. The van der Waals surface area contributed by atoms with Crippen molar-refractivity contribution in [3.63, 3.8) is 0 Å². The molecule has 0 unspecified atom stereocenters. The summed E-state index contributed by atoms with van der Waals surface area (Å²) in [5.41, 5.74) is 3.22. The molecular formula is C29H46O4. The fraction of sp³-hybridized carbons (Fsp3) is 0.862. The van der Waals surface area contributed by atoms with E-state index in [0.717, 1.165) is 32.1 Å². The smallest absolute Gasteiger partial charge is 0.0841 e. The second-order valence-corrected chi connectivity index (χ2v) is 13.9. The van der Waals surface area contributed by atoms with Crippen LogP contribution in [-0.4, -0.2) is 44.8 Å². The van der Waals surface area contributed by atoms with Gasteiger partial charge in [-0.2, -0.15) is 0 Å². The molecule has 0 spiro atoms. The van der Waals surface area contributed by atoms with Crippen LogP contribution in [0.15, 0.2) is 22.8 Å². The van der Waals surface area contributed by atoms with Gasteiger partial charge in [-0.1, -0.05) is 60.1 Å². The third kappa shape index (κ3) is 2.79. The van der Waals surface area contributed by atoms with Gasteiger partial charge in [-0.25, -0.2) is 0 Å². The predicted octanol–water partition coefficient (Wildman–Crippen LogP) is 4.61. The number of hydrogen-bond donors (Lipinski definition) is 4. The Labute approximate surface area is 200 Å². The highest BCUT2D eigenvalue weighted by Gasteiger charge is 2.71. The summed E-state index contributed by atoms with van der Waals surface area (Å²) in [6.07, 6.45) is 5.30. The Kier molecular flexibility index (Phi) is 5.23. The van der Waals surface area contributed by atoms with E-state index >= 15 is 0 Å². The Morgan fingerprint density at radius 1 is 0.909 bits per heavy atom. The zero-order valence-corrected chi connectivity index (χ0v) is 21.7. The van der Waals surface area contributed by atoms with Gasteiger partial charge in [-0.3, -0.25) is 0 Å². The van der Waals surface area contributed by atoms with Gasteiger partial charge in [0.15, 0.2) is 0 Å². The predicted molar refractivity (Wildman–Crippen MR) is 130 cm³/mol. The van der Waals surface area contributed by atoms with Crippen molar-refractivity contribution in [1.29, 1.82) is 0 Å². The molecule has 10 atom stereocenters. The maximum absolute atomic E-state index is 11.7. The van der Waals surface area contributed by atoms with Crippen molar-refractivity contribution in [2.75, 3.05) is 0 Å². The first kappa shape index (κ1) is 24.0. The van der Waals surface area contributed by atoms with Crippen molar-refractivity contribution in [2.24, 2.45) is 45.3 Å². The number of hydrogen-bond acceptors (Lipinski definition) is 4. The lowest BCUT2D eigenvalue weighted by Gasteiger charge is -2.66. The molecule has 0 amide bonds. The second-order valence-electron chi connectivity index (χ2n) is 13.9. The molecule has 5 rings (SSSR count). The Balaban J connectivity index is 1.64. The quantitative estimate of drug-likeness (QED) is 0.463. The standard InChI is InChI=1S/C29H46O4/c1-15(2)21-23(32)24(33)25-27(21,5)12-13-28(6)22-17(10-11-29(25,28)7)16-8-9-20(31)26(3,4)18(16)14-19(22)30/h10,15,19-25,30-33H,8-9,11-14H2,1-7H3/t19-,20-,21+,22-,23-,24+,25-,27-,28-,29+/m0/s1. The highest BCUT2D eigenvalue weighted by Crippen LogP contribution is 2.74. The molecule has 4 N–H and O–H groups in total. The Bertz CT molecular complexity index is 901. The Morgan fingerprint density at radius 3 is 2.21 bits per heavy atom. The van der Waals surface area contributed by atoms with Crippen LogP contribution in [0.2, 0.25) is 0 Å². The topological polar surface area (TPSA) is 80.9 Å². The molecule has 5 aliphatic carbocycles. The lowest BCUT2D eigenvalue weighted by molar-refractivity contribution is -0.177. The summed E-state index contributed by atoms with van der Waals surface area (Å²) >= 11 is 0. The van der Waals surface area contributed by atoms with E-state index in [4.69, 9.17) is 0 Å². The van der Waals surface area contributed by atoms with Gasteiger partial charge in [0.25, 0.3) is 0 Å². The number of aliphatic hydroxyl groups excluding tert-OH is 4. The van der Waals surface area contributed by atoms with Crippen LogP contribution in [0.25, 0.3) is 0 Å². The highest BCUT2D eigenvalue weighted by molar-refractivity contribution is 5.49. The maximum Gasteiger partial charge on any atom is 0.0841 e. The maximum atomic E-state index is 11.7. The van der Waals surface area contributed by atoms with Gasteiger partial charge in [-0.15, -0.1) is 0 Å². The third-order valence-electron chi connectivity index (χ3n) is 12.0. The van der Waals surface area contributed by atoms with Crippen molar-refractivity contribution >= 4 is 0 Å². The number of aliphatic hydroxyl groups is 4. The van der Waals surface area contributed by atoms with E-state index < -0.39 is 18.3 Å². The minimum Gasteiger partial charge on any atom is -0.392 e. The Morgan fingerprint density at radius 2 is 1.58 bits per heavy atom. The fourth-order valence-electron chi connectivity index (χ4n) is 10.2. The van der Waals surface area contributed by atoms with Crippen molar-refractivity contribution in [3.8, 4) is 0 Å². The Hall–Kier alpha value is -0.680. The van der Waals surface area contributed by atoms with Gasteiger partial charge in [0, 0.05) is 11.3 Å². The second kappa shape index (κ2) is 7.18. The third-order valence-corrected chi connectivity index (χ3v) is 12.0. The van der Waals surface area contributed by atoms with E-state index in [1.807, 2.05) is 0 Å². The molecule has 0 saturated heterocycles. The minimum atomic E-state index is -0.721. The van der Waals surface area contributed by atoms with E-state index in [9.17, 15) is 20.4 Å². The first-order valence-corrected chi connectivity index (χ1v) is 13.4. The van der Waals surface area contributed by atoms with E-state index in [1.165, 1.54) is 16.7 Å². The van der Waals surface area contributed by atoms with Crippen LogP contribution in [0.1, 0.15) is 87.0 Å². The van der Waals surface area contributed by atoms with Crippen LogP contribution in [-0.2, 0) is 0 Å². The highest BCUT2D eigenvalue weighted by atomic mass is 16.3. The zero-order valence-electron chi connectivity index (χ0n) is 21.7. The van der Waals surface area contributed by atoms with E-state index in [-0.39, 0.29) is 45.5 Å². The molecule has 0 aromatic heterocycles. The summed E-state index contributed by atoms with van der Waals surface area (Å²) in [7, 11) is 0. The minimum absolute atomic E-state index is 0.0103. The molecular weight excluding hydrogens is 412 g/mol. The van der Waals surface area contributed by atoms with Crippen molar-refractivity contribution in [3.05, 3.63) is 22.8 Å². The van der Waals surface area contributed by atoms with E-state index in [2.05, 4.69) is 54.5 Å². The van der Waals surface area contributed by atoms with Gasteiger partial charge < -0.3 is 20.4 Å². The molecule has 2 fully saturated rings. The number of fused-ring (bicyclic) bond motifs is 6. The van der Waals surface area contributed by atoms with E-state index in [0.29, 0.717) is 12.3 Å². The molecule has 2 saturated carbocycles. The van der Waals surface area contributed by atoms with Crippen LogP contribution in [0, 0.1) is 45.3 Å². The van der Waals surface area contributed by atoms with Gasteiger partial charge in [0.1, 0.15) is 0 Å². The molecule has 0 radical (unpaired) electrons. The van der Waals surface area contributed by atoms with Crippen molar-refractivity contribution in [1.82, 2.24) is 0 Å². The molecule has 0 heterocycles. The summed E-state index contributed by atoms with van der Waals surface area (Å²) in [6, 6.07) is 0. The summed E-state index contributed by atoms with van der Waals surface area (Å²) in [5, 5.41) is 45.0. The fourth-order valence-corrected chi connectivity index (χ4v) is 10.2. The number of allylic oxidation sites excluding steroid dienone is 2. The molecule has 0 aromatic rings. The molecule has 0 bridgehead atoms. The zero-order chi connectivity index (χ0) is 24.3. The van der Waals surface area contributed by atoms with Crippen LogP contribution >= 0.6 is 0 Å². The van der Waals surface area contributed by atoms with Gasteiger partial charge in [0.2, 0.25) is 0 Å². The van der Waals surface area contributed by atoms with Crippen molar-refractivity contribution in [2.45, 2.75) is 111 Å². The van der Waals surface area contributed by atoms with E-state index in [1.54, 1.807) is 0 Å². The van der Waals surface area contributed by atoms with Gasteiger partial charge >= 0.3 is 0 Å². The first-order valence-electron chi connectivity index (χ1n) is 13.4. The largest absolute Gasteiger partial charge is 0.392 e. The molecule has 4 nitrogen and oxygen atoms in total. The molecule has 186 valence electrons. The van der Waals surface area contributed by atoms with Crippen LogP contribution in [0.3, 0.4) is 0 Å². The SMILES string of the molecule is CC(C)[C@@H]1[C@H](O)[C@@H](O)[C@H]2[C@@]1(C)CC[C@@]1(C)[C@H]3C(=CC[C@]21C)C1=C(C[C@@H]3O)C(C)(C)[C@@H](O)CC1. The van der Waals surface area contributed by atoms with Crippen LogP contribution < -0.4 is 0 Å². The summed E-state index contributed by atoms with van der Waals surface area (Å²) < 4.78 is 0. The van der Waals surface area contributed by atoms with Gasteiger partial charge in [-0.05, 0) is 83.7 Å². The van der Waals surface area contributed by atoms with Crippen LogP contribution in [0.4, 0.5) is 0 Å².